The highest BCUT2D eigenvalue weighted by atomic mass is 15.1. The number of rotatable bonds is 4. The van der Waals surface area contributed by atoms with Crippen LogP contribution in [0, 0.1) is 0 Å². The van der Waals surface area contributed by atoms with Crippen LogP contribution in [0.5, 0.6) is 0 Å². The van der Waals surface area contributed by atoms with Gasteiger partial charge in [-0.1, -0.05) is 0 Å². The summed E-state index contributed by atoms with van der Waals surface area (Å²) >= 11 is 0. The Bertz CT molecular complexity index is 473. The number of fused-ring (bicyclic) bond motifs is 1. The zero-order valence-electron chi connectivity index (χ0n) is 9.85. The summed E-state index contributed by atoms with van der Waals surface area (Å²) in [6.45, 7) is 5.05. The van der Waals surface area contributed by atoms with E-state index in [0.717, 1.165) is 36.4 Å². The summed E-state index contributed by atoms with van der Waals surface area (Å²) in [7, 11) is 0. The summed E-state index contributed by atoms with van der Waals surface area (Å²) in [6.07, 6.45) is 3.69. The Hall–Kier alpha value is -1.42. The van der Waals surface area contributed by atoms with Crippen LogP contribution in [0.1, 0.15) is 26.1 Å². The maximum Gasteiger partial charge on any atom is 0.159 e. The topological polar surface area (TPSA) is 56.7 Å². The molecule has 0 aliphatic rings. The van der Waals surface area contributed by atoms with Gasteiger partial charge in [-0.15, -0.1) is 0 Å². The molecule has 2 N–H and O–H groups in total. The fraction of sp³-hybridized carbons (Fsp3) is 0.500. The standard InChI is InChI=1S/C12H18N4/c1-3-16-11(7-6-9(2)13)15-10-5-4-8-14-12(10)16/h4-5,8-9H,3,6-7,13H2,1-2H3. The lowest BCUT2D eigenvalue weighted by Gasteiger charge is -2.06. The first-order valence-electron chi connectivity index (χ1n) is 5.78. The summed E-state index contributed by atoms with van der Waals surface area (Å²) in [5.74, 6) is 1.09. The highest BCUT2D eigenvalue weighted by molar-refractivity contribution is 5.71. The van der Waals surface area contributed by atoms with Crippen LogP contribution in [0.15, 0.2) is 18.3 Å². The van der Waals surface area contributed by atoms with Crippen molar-refractivity contribution in [3.05, 3.63) is 24.2 Å². The molecule has 0 spiro atoms. The smallest absolute Gasteiger partial charge is 0.159 e. The number of aromatic nitrogens is 3. The van der Waals surface area contributed by atoms with E-state index in [4.69, 9.17) is 5.73 Å². The van der Waals surface area contributed by atoms with Crippen molar-refractivity contribution in [1.82, 2.24) is 14.5 Å². The van der Waals surface area contributed by atoms with E-state index < -0.39 is 0 Å². The summed E-state index contributed by atoms with van der Waals surface area (Å²) in [4.78, 5) is 8.97. The molecular weight excluding hydrogens is 200 g/mol. The van der Waals surface area contributed by atoms with Crippen molar-refractivity contribution >= 4 is 11.2 Å². The lowest BCUT2D eigenvalue weighted by molar-refractivity contribution is 0.618. The summed E-state index contributed by atoms with van der Waals surface area (Å²) in [5, 5.41) is 0. The number of imidazole rings is 1. The molecule has 0 aliphatic heterocycles. The van der Waals surface area contributed by atoms with Crippen molar-refractivity contribution in [2.24, 2.45) is 5.73 Å². The van der Waals surface area contributed by atoms with Gasteiger partial charge in [0.05, 0.1) is 0 Å². The second-order valence-corrected chi connectivity index (χ2v) is 4.13. The Morgan fingerprint density at radius 1 is 1.50 bits per heavy atom. The zero-order valence-corrected chi connectivity index (χ0v) is 9.85. The van der Waals surface area contributed by atoms with Crippen LogP contribution in [0.25, 0.3) is 11.2 Å². The SMILES string of the molecule is CCn1c(CCC(C)N)nc2cccnc21. The third-order valence-electron chi connectivity index (χ3n) is 2.72. The molecule has 86 valence electrons. The third kappa shape index (κ3) is 2.07. The molecule has 1 atom stereocenters. The minimum absolute atomic E-state index is 0.220. The van der Waals surface area contributed by atoms with Gasteiger partial charge in [-0.25, -0.2) is 9.97 Å². The molecule has 4 heteroatoms. The number of pyridine rings is 1. The van der Waals surface area contributed by atoms with E-state index in [1.807, 2.05) is 25.3 Å². The first-order chi connectivity index (χ1) is 7.72. The average molecular weight is 218 g/mol. The Labute approximate surface area is 95.5 Å². The molecular formula is C12H18N4. The molecule has 0 saturated carbocycles. The molecule has 2 heterocycles. The van der Waals surface area contributed by atoms with Crippen LogP contribution in [0.4, 0.5) is 0 Å². The molecule has 2 aromatic heterocycles. The Morgan fingerprint density at radius 3 is 3.00 bits per heavy atom. The third-order valence-corrected chi connectivity index (χ3v) is 2.72. The fourth-order valence-corrected chi connectivity index (χ4v) is 1.89. The van der Waals surface area contributed by atoms with Gasteiger partial charge in [0.15, 0.2) is 5.65 Å². The number of aryl methyl sites for hydroxylation is 2. The van der Waals surface area contributed by atoms with E-state index in [1.165, 1.54) is 0 Å². The minimum atomic E-state index is 0.220. The molecule has 0 aliphatic carbocycles. The molecule has 2 rings (SSSR count). The average Bonchev–Trinajstić information content (AvgIpc) is 2.63. The predicted molar refractivity (Wildman–Crippen MR) is 65.2 cm³/mol. The van der Waals surface area contributed by atoms with E-state index in [2.05, 4.69) is 21.5 Å². The lowest BCUT2D eigenvalue weighted by atomic mass is 10.2. The van der Waals surface area contributed by atoms with Gasteiger partial charge in [-0.2, -0.15) is 0 Å². The number of nitrogens with two attached hydrogens (primary N) is 1. The normalized spacial score (nSPS) is 13.2. The summed E-state index contributed by atoms with van der Waals surface area (Å²) in [5.41, 5.74) is 7.73. The molecule has 2 aromatic rings. The summed E-state index contributed by atoms with van der Waals surface area (Å²) < 4.78 is 2.16. The van der Waals surface area contributed by atoms with Gasteiger partial charge >= 0.3 is 0 Å². The van der Waals surface area contributed by atoms with E-state index in [9.17, 15) is 0 Å². The van der Waals surface area contributed by atoms with Gasteiger partial charge in [0.25, 0.3) is 0 Å². The van der Waals surface area contributed by atoms with E-state index in [0.29, 0.717) is 0 Å². The molecule has 0 radical (unpaired) electrons. The first kappa shape index (κ1) is 11.1. The zero-order chi connectivity index (χ0) is 11.5. The van der Waals surface area contributed by atoms with Gasteiger partial charge in [0, 0.05) is 25.2 Å². The Morgan fingerprint density at radius 2 is 2.31 bits per heavy atom. The van der Waals surface area contributed by atoms with Gasteiger partial charge in [-0.05, 0) is 32.4 Å². The highest BCUT2D eigenvalue weighted by Crippen LogP contribution is 2.14. The molecule has 0 amide bonds. The van der Waals surface area contributed by atoms with E-state index in [-0.39, 0.29) is 6.04 Å². The van der Waals surface area contributed by atoms with Crippen LogP contribution in [-0.4, -0.2) is 20.6 Å². The lowest BCUT2D eigenvalue weighted by Crippen LogP contribution is -2.16. The van der Waals surface area contributed by atoms with Crippen molar-refractivity contribution in [3.8, 4) is 0 Å². The summed E-state index contributed by atoms with van der Waals surface area (Å²) in [6, 6.07) is 4.15. The molecule has 0 bridgehead atoms. The van der Waals surface area contributed by atoms with Crippen LogP contribution in [0.2, 0.25) is 0 Å². The first-order valence-corrected chi connectivity index (χ1v) is 5.78. The molecule has 0 saturated heterocycles. The van der Waals surface area contributed by atoms with Crippen molar-refractivity contribution < 1.29 is 0 Å². The number of hydrogen-bond donors (Lipinski definition) is 1. The fourth-order valence-electron chi connectivity index (χ4n) is 1.89. The van der Waals surface area contributed by atoms with Crippen molar-refractivity contribution in [1.29, 1.82) is 0 Å². The predicted octanol–water partition coefficient (Wildman–Crippen LogP) is 1.73. The van der Waals surface area contributed by atoms with Crippen molar-refractivity contribution in [2.75, 3.05) is 0 Å². The monoisotopic (exact) mass is 218 g/mol. The van der Waals surface area contributed by atoms with Gasteiger partial charge in [0.2, 0.25) is 0 Å². The van der Waals surface area contributed by atoms with Crippen LogP contribution in [-0.2, 0) is 13.0 Å². The Kier molecular flexibility index (Phi) is 3.19. The largest absolute Gasteiger partial charge is 0.328 e. The van der Waals surface area contributed by atoms with Gasteiger partial charge < -0.3 is 10.3 Å². The molecule has 16 heavy (non-hydrogen) atoms. The van der Waals surface area contributed by atoms with Crippen LogP contribution in [0.3, 0.4) is 0 Å². The maximum absolute atomic E-state index is 5.77. The van der Waals surface area contributed by atoms with Gasteiger partial charge in [-0.3, -0.25) is 0 Å². The number of hydrogen-bond acceptors (Lipinski definition) is 3. The van der Waals surface area contributed by atoms with E-state index >= 15 is 0 Å². The molecule has 0 aromatic carbocycles. The molecule has 1 unspecified atom stereocenters. The van der Waals surface area contributed by atoms with Crippen LogP contribution < -0.4 is 5.73 Å². The minimum Gasteiger partial charge on any atom is -0.328 e. The second kappa shape index (κ2) is 4.61. The quantitative estimate of drug-likeness (QED) is 0.850. The Balaban J connectivity index is 2.36. The van der Waals surface area contributed by atoms with Crippen molar-refractivity contribution in [3.63, 3.8) is 0 Å². The highest BCUT2D eigenvalue weighted by Gasteiger charge is 2.10. The van der Waals surface area contributed by atoms with Gasteiger partial charge in [0.1, 0.15) is 11.3 Å². The van der Waals surface area contributed by atoms with E-state index in [1.54, 1.807) is 0 Å². The maximum atomic E-state index is 5.77. The number of nitrogens with zero attached hydrogens (tertiary/aromatic N) is 3. The molecule has 0 fully saturated rings. The van der Waals surface area contributed by atoms with Crippen molar-refractivity contribution in [2.45, 2.75) is 39.3 Å². The molecule has 4 nitrogen and oxygen atoms in total. The second-order valence-electron chi connectivity index (χ2n) is 4.13. The van der Waals surface area contributed by atoms with Crippen LogP contribution >= 0.6 is 0 Å².